The summed E-state index contributed by atoms with van der Waals surface area (Å²) in [6.07, 6.45) is -2.69. The fourth-order valence-electron chi connectivity index (χ4n) is 1.43. The van der Waals surface area contributed by atoms with Crippen LogP contribution in [0.4, 0.5) is 0 Å². The Kier molecular flexibility index (Phi) is 4.56. The standard InChI is InChI=1S/C10H17NO5.Al.2H/c1-10(2,3)16-9(14)6(12)7-8(13)11-4-5-15-7;;;/h6-7,12H,4-5H2,1-3H3,(H,11,13);;;/q;+1;;/p-1/t6-,7-;;;/m1.../s1. The highest BCUT2D eigenvalue weighted by molar-refractivity contribution is 6.15. The summed E-state index contributed by atoms with van der Waals surface area (Å²) in [5, 5.41) is 9.76. The van der Waals surface area contributed by atoms with Crippen LogP contribution in [0.5, 0.6) is 0 Å². The molecular weight excluding hydrogens is 241 g/mol. The minimum Gasteiger partial charge on any atom is -0.458 e. The first-order valence-corrected chi connectivity index (χ1v) is 6.39. The van der Waals surface area contributed by atoms with E-state index in [-0.39, 0.29) is 5.91 Å². The third-order valence-electron chi connectivity index (χ3n) is 2.28. The Morgan fingerprint density at radius 2 is 2.24 bits per heavy atom. The van der Waals surface area contributed by atoms with E-state index >= 15 is 0 Å². The Balaban J connectivity index is 2.65. The molecule has 1 saturated heterocycles. The van der Waals surface area contributed by atoms with E-state index in [1.807, 2.05) is 0 Å². The average molecular weight is 259 g/mol. The number of carbonyl (C=O) groups is 2. The van der Waals surface area contributed by atoms with Gasteiger partial charge < -0.3 is 18.5 Å². The van der Waals surface area contributed by atoms with Crippen LogP contribution >= 0.6 is 0 Å². The predicted octanol–water partition coefficient (Wildman–Crippen LogP) is -1.54. The fourth-order valence-corrected chi connectivity index (χ4v) is 1.86. The summed E-state index contributed by atoms with van der Waals surface area (Å²) in [5.41, 5.74) is -0.698. The Hall–Kier alpha value is -0.608. The monoisotopic (exact) mass is 259 g/mol. The summed E-state index contributed by atoms with van der Waals surface area (Å²) in [6, 6.07) is 0. The first kappa shape index (κ1) is 14.5. The molecule has 1 amide bonds. The van der Waals surface area contributed by atoms with Gasteiger partial charge in [-0.2, -0.15) is 0 Å². The summed E-state index contributed by atoms with van der Waals surface area (Å²) in [4.78, 5) is 23.3. The maximum atomic E-state index is 11.7. The summed E-state index contributed by atoms with van der Waals surface area (Å²) in [7, 11) is 0. The Morgan fingerprint density at radius 1 is 1.65 bits per heavy atom. The van der Waals surface area contributed by atoms with Crippen molar-refractivity contribution >= 4 is 28.4 Å². The number of morpholine rings is 1. The molecule has 0 aromatic rings. The SMILES string of the molecule is CC(C)(C)OC(=O)[C@H](O)[C@H]1OCC[N]([AlH2])C1=O. The van der Waals surface area contributed by atoms with Crippen molar-refractivity contribution in [3.8, 4) is 0 Å². The Morgan fingerprint density at radius 3 is 2.76 bits per heavy atom. The number of nitrogens with zero attached hydrogens (tertiary/aromatic N) is 1. The molecule has 0 aliphatic carbocycles. The van der Waals surface area contributed by atoms with Crippen LogP contribution in [-0.4, -0.2) is 68.3 Å². The fraction of sp³-hybridized carbons (Fsp3) is 0.800. The van der Waals surface area contributed by atoms with Crippen LogP contribution in [-0.2, 0) is 19.1 Å². The number of ether oxygens (including phenoxy) is 2. The highest BCUT2D eigenvalue weighted by Crippen LogP contribution is 2.14. The van der Waals surface area contributed by atoms with E-state index in [4.69, 9.17) is 9.47 Å². The second-order valence-electron chi connectivity index (χ2n) is 5.03. The van der Waals surface area contributed by atoms with Crippen molar-refractivity contribution in [2.45, 2.75) is 38.6 Å². The van der Waals surface area contributed by atoms with Crippen molar-refractivity contribution in [1.82, 2.24) is 3.88 Å². The van der Waals surface area contributed by atoms with Crippen molar-refractivity contribution < 1.29 is 24.2 Å². The molecule has 1 rings (SSSR count). The van der Waals surface area contributed by atoms with E-state index in [0.717, 1.165) is 0 Å². The highest BCUT2D eigenvalue weighted by Gasteiger charge is 2.38. The number of carbonyl (C=O) groups excluding carboxylic acids is 2. The van der Waals surface area contributed by atoms with Crippen LogP contribution in [0.15, 0.2) is 0 Å². The number of esters is 1. The third-order valence-corrected chi connectivity index (χ3v) is 3.17. The summed E-state index contributed by atoms with van der Waals surface area (Å²) < 4.78 is 11.7. The minimum absolute atomic E-state index is 0.333. The maximum absolute atomic E-state index is 11.7. The quantitative estimate of drug-likeness (QED) is 0.481. The molecule has 96 valence electrons. The Bertz CT molecular complexity index is 314. The number of rotatable bonds is 2. The van der Waals surface area contributed by atoms with Gasteiger partial charge in [0.2, 0.25) is 5.91 Å². The zero-order chi connectivity index (χ0) is 13.2. The van der Waals surface area contributed by atoms with Crippen LogP contribution in [0.3, 0.4) is 0 Å². The number of aliphatic hydroxyl groups excluding tert-OH is 1. The lowest BCUT2D eigenvalue weighted by Crippen LogP contribution is -2.54. The van der Waals surface area contributed by atoms with Gasteiger partial charge in [-0.15, -0.1) is 0 Å². The van der Waals surface area contributed by atoms with Gasteiger partial charge in [-0.1, -0.05) is 0 Å². The molecule has 1 heterocycles. The molecule has 0 bridgehead atoms. The van der Waals surface area contributed by atoms with Crippen molar-refractivity contribution in [3.05, 3.63) is 0 Å². The molecular formula is C10H18AlNO5. The van der Waals surface area contributed by atoms with Gasteiger partial charge in [0.1, 0.15) is 5.60 Å². The van der Waals surface area contributed by atoms with Crippen LogP contribution in [0.25, 0.3) is 0 Å². The first-order valence-electron chi connectivity index (χ1n) is 5.50. The molecule has 1 fully saturated rings. The van der Waals surface area contributed by atoms with E-state index < -0.39 is 23.8 Å². The van der Waals surface area contributed by atoms with Crippen molar-refractivity contribution in [2.75, 3.05) is 13.2 Å². The Labute approximate surface area is 109 Å². The van der Waals surface area contributed by atoms with Gasteiger partial charge in [0.25, 0.3) is 0 Å². The zero-order valence-corrected chi connectivity index (χ0v) is 12.6. The molecule has 1 aliphatic heterocycles. The molecule has 0 aromatic heterocycles. The van der Waals surface area contributed by atoms with E-state index in [0.29, 0.717) is 29.7 Å². The molecule has 17 heavy (non-hydrogen) atoms. The van der Waals surface area contributed by atoms with E-state index in [2.05, 4.69) is 0 Å². The van der Waals surface area contributed by atoms with Gasteiger partial charge in [-0.25, -0.2) is 4.79 Å². The zero-order valence-electron chi connectivity index (χ0n) is 10.6. The van der Waals surface area contributed by atoms with E-state index in [9.17, 15) is 14.7 Å². The van der Waals surface area contributed by atoms with Crippen LogP contribution in [0, 0.1) is 0 Å². The van der Waals surface area contributed by atoms with Crippen molar-refractivity contribution in [3.63, 3.8) is 0 Å². The molecule has 0 saturated carbocycles. The largest absolute Gasteiger partial charge is 0.458 e. The van der Waals surface area contributed by atoms with Crippen molar-refractivity contribution in [2.24, 2.45) is 0 Å². The minimum atomic E-state index is -1.56. The number of aliphatic hydroxyl groups is 1. The van der Waals surface area contributed by atoms with Crippen LogP contribution < -0.4 is 0 Å². The lowest BCUT2D eigenvalue weighted by molar-refractivity contribution is -0.181. The van der Waals surface area contributed by atoms with E-state index in [1.165, 1.54) is 0 Å². The molecule has 0 unspecified atom stereocenters. The highest BCUT2D eigenvalue weighted by atomic mass is 27.1. The van der Waals surface area contributed by atoms with Gasteiger partial charge in [0, 0.05) is 6.54 Å². The molecule has 0 spiro atoms. The lowest BCUT2D eigenvalue weighted by Gasteiger charge is -2.33. The normalized spacial score (nSPS) is 23.4. The molecule has 1 aliphatic rings. The summed E-state index contributed by atoms with van der Waals surface area (Å²) in [6.45, 7) is 5.93. The average Bonchev–Trinajstić information content (AvgIpc) is 2.18. The summed E-state index contributed by atoms with van der Waals surface area (Å²) in [5.74, 6) is -1.17. The number of hydrogen-bond donors (Lipinski definition) is 1. The molecule has 6 nitrogen and oxygen atoms in total. The van der Waals surface area contributed by atoms with Gasteiger partial charge in [0.15, 0.2) is 12.2 Å². The molecule has 2 atom stereocenters. The van der Waals surface area contributed by atoms with E-state index in [1.54, 1.807) is 24.7 Å². The second kappa shape index (κ2) is 5.36. The predicted molar refractivity (Wildman–Crippen MR) is 61.8 cm³/mol. The van der Waals surface area contributed by atoms with Gasteiger partial charge >= 0.3 is 22.5 Å². The number of amides is 1. The third kappa shape index (κ3) is 3.96. The number of hydrogen-bond acceptors (Lipinski definition) is 5. The summed E-state index contributed by atoms with van der Waals surface area (Å²) >= 11 is 0.548. The van der Waals surface area contributed by atoms with Crippen LogP contribution in [0.1, 0.15) is 20.8 Å². The second-order valence-corrected chi connectivity index (χ2v) is 6.11. The smallest absolute Gasteiger partial charge is 0.367 e. The van der Waals surface area contributed by atoms with Gasteiger partial charge in [-0.3, -0.25) is 4.79 Å². The topological polar surface area (TPSA) is 76.1 Å². The van der Waals surface area contributed by atoms with Crippen LogP contribution in [0.2, 0.25) is 0 Å². The molecule has 0 aromatic carbocycles. The first-order chi connectivity index (χ1) is 7.72. The van der Waals surface area contributed by atoms with Gasteiger partial charge in [-0.05, 0) is 20.8 Å². The molecule has 0 radical (unpaired) electrons. The molecule has 1 N–H and O–H groups in total. The maximum Gasteiger partial charge on any atom is 0.367 e. The van der Waals surface area contributed by atoms with Gasteiger partial charge in [0.05, 0.1) is 6.61 Å². The van der Waals surface area contributed by atoms with Crippen molar-refractivity contribution in [1.29, 1.82) is 0 Å². The molecule has 7 heteroatoms. The lowest BCUT2D eigenvalue weighted by atomic mass is 10.1.